The lowest BCUT2D eigenvalue weighted by Gasteiger charge is -2.40. The third-order valence-electron chi connectivity index (χ3n) is 13.9. The summed E-state index contributed by atoms with van der Waals surface area (Å²) in [5.41, 5.74) is 0. The maximum absolute atomic E-state index is 13.0. The average molecular weight is 963 g/mol. The molecule has 0 aromatic heterocycles. The van der Waals surface area contributed by atoms with E-state index in [1.165, 1.54) is 199 Å². The van der Waals surface area contributed by atoms with Gasteiger partial charge < -0.3 is 40.3 Å². The quantitative estimate of drug-likeness (QED) is 0.0261. The Kier molecular flexibility index (Phi) is 46.4. The number of aliphatic hydroxyl groups excluding tert-OH is 5. The maximum atomic E-state index is 13.0. The molecule has 0 saturated carbocycles. The third-order valence-corrected chi connectivity index (χ3v) is 13.9. The topological polar surface area (TPSA) is 149 Å². The van der Waals surface area contributed by atoms with Crippen LogP contribution in [0.15, 0.2) is 36.5 Å². The third kappa shape index (κ3) is 38.1. The molecule has 1 aliphatic rings. The molecule has 0 spiro atoms. The number of hydrogen-bond acceptors (Lipinski definition) is 8. The van der Waals surface area contributed by atoms with Crippen LogP contribution in [0.2, 0.25) is 0 Å². The van der Waals surface area contributed by atoms with Gasteiger partial charge in [0.2, 0.25) is 5.91 Å². The minimum atomic E-state index is -1.57. The van der Waals surface area contributed by atoms with Gasteiger partial charge in [0.25, 0.3) is 0 Å². The van der Waals surface area contributed by atoms with Gasteiger partial charge in [-0.15, -0.1) is 0 Å². The zero-order valence-corrected chi connectivity index (χ0v) is 44.4. The summed E-state index contributed by atoms with van der Waals surface area (Å²) >= 11 is 0. The second kappa shape index (κ2) is 49.0. The largest absolute Gasteiger partial charge is 0.394 e. The first-order valence-corrected chi connectivity index (χ1v) is 29.2. The summed E-state index contributed by atoms with van der Waals surface area (Å²) in [5.74, 6) is -0.193. The van der Waals surface area contributed by atoms with Crippen LogP contribution in [0.1, 0.15) is 277 Å². The van der Waals surface area contributed by atoms with Crippen LogP contribution in [0.5, 0.6) is 0 Å². The number of ether oxygens (including phenoxy) is 2. The van der Waals surface area contributed by atoms with E-state index in [0.717, 1.165) is 57.8 Å². The van der Waals surface area contributed by atoms with Gasteiger partial charge in [-0.25, -0.2) is 0 Å². The van der Waals surface area contributed by atoms with E-state index in [0.29, 0.717) is 6.42 Å². The molecule has 1 amide bonds. The van der Waals surface area contributed by atoms with Crippen LogP contribution in [0.25, 0.3) is 0 Å². The highest BCUT2D eigenvalue weighted by Gasteiger charge is 2.44. The van der Waals surface area contributed by atoms with E-state index in [1.807, 2.05) is 6.08 Å². The Morgan fingerprint density at radius 1 is 0.485 bits per heavy atom. The van der Waals surface area contributed by atoms with E-state index in [1.54, 1.807) is 6.08 Å². The van der Waals surface area contributed by atoms with Crippen molar-refractivity contribution in [3.63, 3.8) is 0 Å². The Hall–Kier alpha value is -1.59. The summed E-state index contributed by atoms with van der Waals surface area (Å²) in [6, 6.07) is -0.826. The van der Waals surface area contributed by atoms with Gasteiger partial charge in [-0.1, -0.05) is 249 Å². The molecule has 1 rings (SSSR count). The lowest BCUT2D eigenvalue weighted by molar-refractivity contribution is -0.302. The molecule has 7 atom stereocenters. The standard InChI is InChI=1S/C59H111NO8/c1-3-5-7-9-11-13-15-17-19-20-21-22-23-24-25-26-27-28-29-30-31-32-33-35-36-38-40-42-44-46-48-53(62)52(51-67-59-58(66)57(65)56(64)54(50-61)68-59)60-55(63)49-47-45-43-41-39-37-34-18-16-14-12-10-8-6-4-2/h18,34,38,40,46,48,52-54,56-59,61-62,64-66H,3-17,19-33,35-37,39,41-45,47,49-51H2,1-2H3,(H,60,63)/b34-18-,40-38+,48-46+. The van der Waals surface area contributed by atoms with Gasteiger partial charge in [-0.3, -0.25) is 4.79 Å². The summed E-state index contributed by atoms with van der Waals surface area (Å²) in [4.78, 5) is 13.0. The summed E-state index contributed by atoms with van der Waals surface area (Å²) < 4.78 is 11.2. The van der Waals surface area contributed by atoms with Crippen LogP contribution in [-0.4, -0.2) is 87.5 Å². The molecule has 0 aromatic rings. The smallest absolute Gasteiger partial charge is 0.220 e. The number of amides is 1. The highest BCUT2D eigenvalue weighted by atomic mass is 16.7. The van der Waals surface area contributed by atoms with Crippen molar-refractivity contribution in [1.29, 1.82) is 0 Å². The van der Waals surface area contributed by atoms with Gasteiger partial charge in [-0.2, -0.15) is 0 Å². The van der Waals surface area contributed by atoms with Crippen LogP contribution in [0, 0.1) is 0 Å². The monoisotopic (exact) mass is 962 g/mol. The van der Waals surface area contributed by atoms with E-state index < -0.39 is 49.5 Å². The molecular weight excluding hydrogens is 851 g/mol. The van der Waals surface area contributed by atoms with Gasteiger partial charge in [0.05, 0.1) is 25.4 Å². The molecule has 9 nitrogen and oxygen atoms in total. The predicted molar refractivity (Wildman–Crippen MR) is 286 cm³/mol. The van der Waals surface area contributed by atoms with Gasteiger partial charge in [0.1, 0.15) is 24.4 Å². The SMILES string of the molecule is CCCCCCCC/C=C\CCCCCCCC(=O)NC(COC1OC(CO)C(O)C(O)C1O)C(O)/C=C/CC/C=C/CCCCCCCCCCCCCCCCCCCCCCCCCC. The van der Waals surface area contributed by atoms with Crippen molar-refractivity contribution >= 4 is 5.91 Å². The highest BCUT2D eigenvalue weighted by Crippen LogP contribution is 2.23. The van der Waals surface area contributed by atoms with Gasteiger partial charge in [-0.05, 0) is 57.8 Å². The fourth-order valence-electron chi connectivity index (χ4n) is 9.29. The minimum absolute atomic E-state index is 0.193. The van der Waals surface area contributed by atoms with Crippen molar-refractivity contribution in [3.05, 3.63) is 36.5 Å². The van der Waals surface area contributed by atoms with Crippen LogP contribution >= 0.6 is 0 Å². The summed E-state index contributed by atoms with van der Waals surface area (Å²) in [7, 11) is 0. The molecule has 6 N–H and O–H groups in total. The molecule has 0 bridgehead atoms. The zero-order valence-electron chi connectivity index (χ0n) is 44.4. The molecule has 9 heteroatoms. The van der Waals surface area contributed by atoms with Crippen molar-refractivity contribution in [2.75, 3.05) is 13.2 Å². The average Bonchev–Trinajstić information content (AvgIpc) is 3.34. The first kappa shape index (κ1) is 64.4. The Balaban J connectivity index is 2.20. The van der Waals surface area contributed by atoms with Crippen LogP contribution in [0.3, 0.4) is 0 Å². The Labute approximate surface area is 419 Å². The molecule has 400 valence electrons. The van der Waals surface area contributed by atoms with E-state index in [4.69, 9.17) is 9.47 Å². The molecule has 0 radical (unpaired) electrons. The van der Waals surface area contributed by atoms with Crippen LogP contribution in [0.4, 0.5) is 0 Å². The van der Waals surface area contributed by atoms with E-state index in [2.05, 4.69) is 43.5 Å². The lowest BCUT2D eigenvalue weighted by Crippen LogP contribution is -2.60. The lowest BCUT2D eigenvalue weighted by atomic mass is 9.99. The summed E-state index contributed by atoms with van der Waals surface area (Å²) in [5, 5.41) is 54.4. The van der Waals surface area contributed by atoms with E-state index >= 15 is 0 Å². The number of aliphatic hydroxyl groups is 5. The number of nitrogens with one attached hydrogen (secondary N) is 1. The minimum Gasteiger partial charge on any atom is -0.394 e. The molecule has 1 aliphatic heterocycles. The van der Waals surface area contributed by atoms with Crippen molar-refractivity contribution in [1.82, 2.24) is 5.32 Å². The van der Waals surface area contributed by atoms with Crippen molar-refractivity contribution in [2.45, 2.75) is 320 Å². The van der Waals surface area contributed by atoms with Crippen molar-refractivity contribution in [3.8, 4) is 0 Å². The Morgan fingerprint density at radius 3 is 1.24 bits per heavy atom. The Bertz CT molecular complexity index is 1160. The number of carbonyl (C=O) groups is 1. The van der Waals surface area contributed by atoms with Gasteiger partial charge >= 0.3 is 0 Å². The first-order chi connectivity index (χ1) is 33.3. The molecule has 68 heavy (non-hydrogen) atoms. The molecular formula is C59H111NO8. The first-order valence-electron chi connectivity index (χ1n) is 29.2. The molecule has 1 saturated heterocycles. The fourth-order valence-corrected chi connectivity index (χ4v) is 9.29. The number of allylic oxidation sites excluding steroid dienone is 5. The molecule has 0 aromatic carbocycles. The molecule has 0 aliphatic carbocycles. The van der Waals surface area contributed by atoms with Gasteiger partial charge in [0, 0.05) is 6.42 Å². The normalized spacial score (nSPS) is 19.8. The second-order valence-electron chi connectivity index (χ2n) is 20.4. The zero-order chi connectivity index (χ0) is 49.4. The highest BCUT2D eigenvalue weighted by molar-refractivity contribution is 5.76. The number of hydrogen-bond donors (Lipinski definition) is 6. The van der Waals surface area contributed by atoms with Crippen molar-refractivity contribution < 1.29 is 39.8 Å². The van der Waals surface area contributed by atoms with E-state index in [9.17, 15) is 30.3 Å². The number of carbonyl (C=O) groups excluding carboxylic acids is 1. The number of rotatable bonds is 50. The molecule has 1 fully saturated rings. The van der Waals surface area contributed by atoms with Crippen LogP contribution in [-0.2, 0) is 14.3 Å². The van der Waals surface area contributed by atoms with E-state index in [-0.39, 0.29) is 12.5 Å². The number of unbranched alkanes of at least 4 members (excludes halogenated alkanes) is 36. The van der Waals surface area contributed by atoms with Crippen molar-refractivity contribution in [2.24, 2.45) is 0 Å². The molecule has 1 heterocycles. The Morgan fingerprint density at radius 2 is 0.838 bits per heavy atom. The molecule has 7 unspecified atom stereocenters. The van der Waals surface area contributed by atoms with Gasteiger partial charge in [0.15, 0.2) is 6.29 Å². The predicted octanol–water partition coefficient (Wildman–Crippen LogP) is 14.4. The summed E-state index contributed by atoms with van der Waals surface area (Å²) in [6.07, 6.45) is 56.6. The maximum Gasteiger partial charge on any atom is 0.220 e. The fraction of sp³-hybridized carbons (Fsp3) is 0.881. The second-order valence-corrected chi connectivity index (χ2v) is 20.4. The van der Waals surface area contributed by atoms with Crippen LogP contribution < -0.4 is 5.32 Å². The summed E-state index contributed by atoms with van der Waals surface area (Å²) in [6.45, 7) is 3.77.